The van der Waals surface area contributed by atoms with Gasteiger partial charge in [0.25, 0.3) is 5.91 Å². The van der Waals surface area contributed by atoms with E-state index in [9.17, 15) is 4.79 Å². The average molecular weight is 401 g/mol. The van der Waals surface area contributed by atoms with E-state index >= 15 is 0 Å². The molecule has 6 heteroatoms. The second-order valence-corrected chi connectivity index (χ2v) is 6.92. The van der Waals surface area contributed by atoms with Crippen LogP contribution >= 0.6 is 0 Å². The molecule has 1 heterocycles. The van der Waals surface area contributed by atoms with Crippen LogP contribution in [0, 0.1) is 0 Å². The molecular formula is C24H23N3O3. The Bertz CT molecular complexity index is 1150. The lowest BCUT2D eigenvalue weighted by Crippen LogP contribution is -2.12. The molecule has 1 aromatic heterocycles. The van der Waals surface area contributed by atoms with Crippen LogP contribution in [0.5, 0.6) is 11.5 Å². The van der Waals surface area contributed by atoms with Crippen molar-refractivity contribution in [2.75, 3.05) is 19.5 Å². The Labute approximate surface area is 174 Å². The molecule has 4 aromatic rings. The molecule has 0 bridgehead atoms. The van der Waals surface area contributed by atoms with Gasteiger partial charge in [-0.3, -0.25) is 4.79 Å². The lowest BCUT2D eigenvalue weighted by atomic mass is 10.1. The topological polar surface area (TPSA) is 76.2 Å². The van der Waals surface area contributed by atoms with Gasteiger partial charge in [-0.25, -0.2) is 4.98 Å². The zero-order valence-electron chi connectivity index (χ0n) is 16.9. The van der Waals surface area contributed by atoms with Crippen molar-refractivity contribution in [3.8, 4) is 11.5 Å². The van der Waals surface area contributed by atoms with E-state index in [0.29, 0.717) is 17.1 Å². The van der Waals surface area contributed by atoms with Gasteiger partial charge in [-0.2, -0.15) is 0 Å². The number of nitrogens with one attached hydrogen (secondary N) is 2. The minimum absolute atomic E-state index is 0.203. The van der Waals surface area contributed by atoms with E-state index in [4.69, 9.17) is 9.47 Å². The Balaban J connectivity index is 1.43. The molecular weight excluding hydrogens is 378 g/mol. The van der Waals surface area contributed by atoms with Gasteiger partial charge >= 0.3 is 0 Å². The standard InChI is InChI=1S/C24H23N3O3/c1-29-21-12-11-17(15-22(21)30-2)24(28)25-18-7-5-6-16(14-18)10-13-23-26-19-8-3-4-9-20(19)27-23/h3-9,11-12,14-15H,10,13H2,1-2H3,(H,25,28)(H,26,27). The number of rotatable bonds is 7. The molecule has 0 atom stereocenters. The van der Waals surface area contributed by atoms with Crippen LogP contribution in [0.25, 0.3) is 11.0 Å². The van der Waals surface area contributed by atoms with E-state index in [1.165, 1.54) is 0 Å². The number of imidazole rings is 1. The molecule has 2 N–H and O–H groups in total. The first kappa shape index (κ1) is 19.5. The maximum absolute atomic E-state index is 12.6. The molecule has 0 saturated heterocycles. The van der Waals surface area contributed by atoms with Crippen LogP contribution in [0.15, 0.2) is 66.7 Å². The van der Waals surface area contributed by atoms with Crippen LogP contribution in [0.3, 0.4) is 0 Å². The van der Waals surface area contributed by atoms with Gasteiger partial charge in [-0.1, -0.05) is 24.3 Å². The van der Waals surface area contributed by atoms with Crippen LogP contribution in [0.2, 0.25) is 0 Å². The quantitative estimate of drug-likeness (QED) is 0.474. The number of aromatic amines is 1. The van der Waals surface area contributed by atoms with Gasteiger partial charge in [0.2, 0.25) is 0 Å². The number of carbonyl (C=O) groups excluding carboxylic acids is 1. The number of H-pyrrole nitrogens is 1. The first-order valence-electron chi connectivity index (χ1n) is 9.72. The summed E-state index contributed by atoms with van der Waals surface area (Å²) in [6.45, 7) is 0. The van der Waals surface area contributed by atoms with Gasteiger partial charge in [-0.05, 0) is 54.4 Å². The van der Waals surface area contributed by atoms with Crippen molar-refractivity contribution in [3.63, 3.8) is 0 Å². The van der Waals surface area contributed by atoms with Crippen LogP contribution in [-0.4, -0.2) is 30.1 Å². The number of aryl methyl sites for hydroxylation is 2. The maximum atomic E-state index is 12.6. The molecule has 0 unspecified atom stereocenters. The predicted octanol–water partition coefficient (Wildman–Crippen LogP) is 4.62. The third-order valence-corrected chi connectivity index (χ3v) is 4.92. The highest BCUT2D eigenvalue weighted by molar-refractivity contribution is 6.04. The summed E-state index contributed by atoms with van der Waals surface area (Å²) in [5, 5.41) is 2.95. The molecule has 0 radical (unpaired) electrons. The Morgan fingerprint density at radius 1 is 0.933 bits per heavy atom. The number of hydrogen-bond acceptors (Lipinski definition) is 4. The van der Waals surface area contributed by atoms with Gasteiger partial charge in [0.05, 0.1) is 25.3 Å². The second kappa shape index (κ2) is 8.69. The summed E-state index contributed by atoms with van der Waals surface area (Å²) in [6.07, 6.45) is 1.61. The average Bonchev–Trinajstić information content (AvgIpc) is 3.20. The number of aromatic nitrogens is 2. The Kier molecular flexibility index (Phi) is 5.66. The van der Waals surface area contributed by atoms with Gasteiger partial charge in [0.1, 0.15) is 5.82 Å². The summed E-state index contributed by atoms with van der Waals surface area (Å²) in [7, 11) is 3.11. The smallest absolute Gasteiger partial charge is 0.255 e. The molecule has 1 amide bonds. The summed E-state index contributed by atoms with van der Waals surface area (Å²) in [6, 6.07) is 21.0. The molecule has 3 aromatic carbocycles. The molecule has 0 aliphatic heterocycles. The van der Waals surface area contributed by atoms with Gasteiger partial charge in [0.15, 0.2) is 11.5 Å². The van der Waals surface area contributed by atoms with Gasteiger partial charge in [-0.15, -0.1) is 0 Å². The predicted molar refractivity (Wildman–Crippen MR) is 117 cm³/mol. The molecule has 0 aliphatic rings. The number of benzene rings is 3. The fraction of sp³-hybridized carbons (Fsp3) is 0.167. The largest absolute Gasteiger partial charge is 0.493 e. The van der Waals surface area contributed by atoms with Crippen molar-refractivity contribution in [1.29, 1.82) is 0 Å². The number of anilines is 1. The fourth-order valence-electron chi connectivity index (χ4n) is 3.37. The number of fused-ring (bicyclic) bond motifs is 1. The molecule has 6 nitrogen and oxygen atoms in total. The summed E-state index contributed by atoms with van der Waals surface area (Å²) in [4.78, 5) is 20.6. The minimum Gasteiger partial charge on any atom is -0.493 e. The van der Waals surface area contributed by atoms with Crippen molar-refractivity contribution >= 4 is 22.6 Å². The fourth-order valence-corrected chi connectivity index (χ4v) is 3.37. The van der Waals surface area contributed by atoms with Crippen molar-refractivity contribution in [3.05, 3.63) is 83.7 Å². The number of carbonyl (C=O) groups is 1. The molecule has 30 heavy (non-hydrogen) atoms. The Hall–Kier alpha value is -3.80. The lowest BCUT2D eigenvalue weighted by Gasteiger charge is -2.10. The second-order valence-electron chi connectivity index (χ2n) is 6.92. The molecule has 0 saturated carbocycles. The third-order valence-electron chi connectivity index (χ3n) is 4.92. The van der Waals surface area contributed by atoms with E-state index in [1.807, 2.05) is 42.5 Å². The summed E-state index contributed by atoms with van der Waals surface area (Å²) >= 11 is 0. The molecule has 4 rings (SSSR count). The SMILES string of the molecule is COc1ccc(C(=O)Nc2cccc(CCc3nc4ccccc4[nH]3)c2)cc1OC. The Morgan fingerprint density at radius 2 is 1.77 bits per heavy atom. The summed E-state index contributed by atoms with van der Waals surface area (Å²) in [5.41, 5.74) is 4.39. The minimum atomic E-state index is -0.203. The molecule has 152 valence electrons. The number of ether oxygens (including phenoxy) is 2. The van der Waals surface area contributed by atoms with Crippen LogP contribution < -0.4 is 14.8 Å². The zero-order chi connectivity index (χ0) is 20.9. The van der Waals surface area contributed by atoms with Gasteiger partial charge in [0, 0.05) is 17.7 Å². The van der Waals surface area contributed by atoms with Crippen LogP contribution in [0.4, 0.5) is 5.69 Å². The van der Waals surface area contributed by atoms with Crippen molar-refractivity contribution in [2.24, 2.45) is 0 Å². The molecule has 0 aliphatic carbocycles. The highest BCUT2D eigenvalue weighted by atomic mass is 16.5. The van der Waals surface area contributed by atoms with E-state index in [0.717, 1.165) is 41.0 Å². The Morgan fingerprint density at radius 3 is 2.57 bits per heavy atom. The zero-order valence-corrected chi connectivity index (χ0v) is 16.9. The molecule has 0 fully saturated rings. The number of nitrogens with zero attached hydrogens (tertiary/aromatic N) is 1. The lowest BCUT2D eigenvalue weighted by molar-refractivity contribution is 0.102. The van der Waals surface area contributed by atoms with Crippen molar-refractivity contribution in [2.45, 2.75) is 12.8 Å². The van der Waals surface area contributed by atoms with E-state index < -0.39 is 0 Å². The van der Waals surface area contributed by atoms with Crippen molar-refractivity contribution in [1.82, 2.24) is 9.97 Å². The first-order valence-corrected chi connectivity index (χ1v) is 9.72. The van der Waals surface area contributed by atoms with Crippen LogP contribution in [0.1, 0.15) is 21.7 Å². The number of hydrogen-bond donors (Lipinski definition) is 2. The highest BCUT2D eigenvalue weighted by Gasteiger charge is 2.11. The number of amides is 1. The van der Waals surface area contributed by atoms with Crippen LogP contribution in [-0.2, 0) is 12.8 Å². The van der Waals surface area contributed by atoms with E-state index in [1.54, 1.807) is 32.4 Å². The maximum Gasteiger partial charge on any atom is 0.255 e. The first-order chi connectivity index (χ1) is 14.7. The number of para-hydroxylation sites is 2. The summed E-state index contributed by atoms with van der Waals surface area (Å²) < 4.78 is 10.5. The third kappa shape index (κ3) is 4.27. The monoisotopic (exact) mass is 401 g/mol. The number of methoxy groups -OCH3 is 2. The molecule has 0 spiro atoms. The van der Waals surface area contributed by atoms with Gasteiger partial charge < -0.3 is 19.8 Å². The normalized spacial score (nSPS) is 10.7. The van der Waals surface area contributed by atoms with E-state index in [-0.39, 0.29) is 5.91 Å². The van der Waals surface area contributed by atoms with E-state index in [2.05, 4.69) is 21.4 Å². The van der Waals surface area contributed by atoms with Crippen molar-refractivity contribution < 1.29 is 14.3 Å². The highest BCUT2D eigenvalue weighted by Crippen LogP contribution is 2.28. The summed E-state index contributed by atoms with van der Waals surface area (Å²) in [5.74, 6) is 1.85.